The van der Waals surface area contributed by atoms with Gasteiger partial charge in [0.05, 0.1) is 23.5 Å². The lowest BCUT2D eigenvalue weighted by molar-refractivity contribution is 0.178. The molecule has 3 aromatic heterocycles. The average Bonchev–Trinajstić information content (AvgIpc) is 3.31. The summed E-state index contributed by atoms with van der Waals surface area (Å²) in [6.45, 7) is 2.44. The first-order valence-electron chi connectivity index (χ1n) is 11.9. The number of hydrogen-bond acceptors (Lipinski definition) is 6. The van der Waals surface area contributed by atoms with E-state index < -0.39 is 0 Å². The van der Waals surface area contributed by atoms with Crippen LogP contribution in [0, 0.1) is 0 Å². The second kappa shape index (κ2) is 10.9. The number of anilines is 1. The van der Waals surface area contributed by atoms with Gasteiger partial charge in [0.25, 0.3) is 0 Å². The van der Waals surface area contributed by atoms with Gasteiger partial charge in [-0.05, 0) is 58.1 Å². The molecular weight excluding hydrogens is 522 g/mol. The summed E-state index contributed by atoms with van der Waals surface area (Å²) in [6.07, 6.45) is 7.25. The van der Waals surface area contributed by atoms with Crippen molar-refractivity contribution >= 4 is 33.4 Å². The molecule has 1 aliphatic heterocycles. The summed E-state index contributed by atoms with van der Waals surface area (Å²) in [7, 11) is 1.64. The molecule has 0 spiro atoms. The maximum atomic E-state index is 13.0. The highest BCUT2D eigenvalue weighted by Gasteiger charge is 2.27. The topological polar surface area (TPSA) is 96.7 Å². The Bertz CT molecular complexity index is 1330. The van der Waals surface area contributed by atoms with Crippen molar-refractivity contribution in [1.82, 2.24) is 29.8 Å². The van der Waals surface area contributed by atoms with Crippen LogP contribution in [0.4, 0.5) is 10.6 Å². The minimum atomic E-state index is -0.0583. The van der Waals surface area contributed by atoms with E-state index in [4.69, 9.17) is 9.72 Å². The van der Waals surface area contributed by atoms with E-state index >= 15 is 0 Å². The Kier molecular flexibility index (Phi) is 7.31. The highest BCUT2D eigenvalue weighted by molar-refractivity contribution is 9.10. The summed E-state index contributed by atoms with van der Waals surface area (Å²) < 4.78 is 7.83. The van der Waals surface area contributed by atoms with E-state index in [1.165, 1.54) is 0 Å². The van der Waals surface area contributed by atoms with Crippen LogP contribution in [0.25, 0.3) is 5.65 Å². The molecule has 1 unspecified atom stereocenters. The molecule has 4 heterocycles. The van der Waals surface area contributed by atoms with Crippen molar-refractivity contribution in [1.29, 1.82) is 0 Å². The summed E-state index contributed by atoms with van der Waals surface area (Å²) in [4.78, 5) is 23.9. The molecule has 10 heteroatoms. The van der Waals surface area contributed by atoms with Crippen LogP contribution in [0.2, 0.25) is 0 Å². The zero-order chi connectivity index (χ0) is 24.9. The van der Waals surface area contributed by atoms with Crippen LogP contribution in [0.15, 0.2) is 65.5 Å². The number of rotatable bonds is 7. The number of urea groups is 1. The van der Waals surface area contributed by atoms with Crippen molar-refractivity contribution in [2.75, 3.05) is 25.5 Å². The summed E-state index contributed by atoms with van der Waals surface area (Å²) in [5.74, 6) is 1.79. The predicted octanol–water partition coefficient (Wildman–Crippen LogP) is 4.60. The van der Waals surface area contributed by atoms with Crippen molar-refractivity contribution < 1.29 is 9.53 Å². The minimum Gasteiger partial charge on any atom is -0.497 e. The molecule has 1 atom stereocenters. The van der Waals surface area contributed by atoms with Crippen molar-refractivity contribution in [2.45, 2.75) is 31.8 Å². The molecule has 2 amide bonds. The van der Waals surface area contributed by atoms with E-state index in [0.29, 0.717) is 19.6 Å². The van der Waals surface area contributed by atoms with Crippen molar-refractivity contribution in [3.8, 4) is 5.75 Å². The number of nitrogens with zero attached hydrogens (tertiary/aromatic N) is 5. The summed E-state index contributed by atoms with van der Waals surface area (Å²) >= 11 is 3.58. The fraction of sp³-hybridized carbons (Fsp3) is 0.308. The number of halogens is 1. The van der Waals surface area contributed by atoms with E-state index in [-0.39, 0.29) is 11.9 Å². The summed E-state index contributed by atoms with van der Waals surface area (Å²) in [6, 6.07) is 13.7. The van der Waals surface area contributed by atoms with Crippen molar-refractivity contribution in [2.24, 2.45) is 0 Å². The van der Waals surface area contributed by atoms with E-state index in [1.807, 2.05) is 53.6 Å². The van der Waals surface area contributed by atoms with Crippen LogP contribution in [0.1, 0.15) is 35.6 Å². The molecule has 1 aliphatic rings. The molecule has 186 valence electrons. The lowest BCUT2D eigenvalue weighted by Crippen LogP contribution is -2.44. The number of carbonyl (C=O) groups is 1. The van der Waals surface area contributed by atoms with Crippen LogP contribution in [-0.4, -0.2) is 50.7 Å². The van der Waals surface area contributed by atoms with Gasteiger partial charge < -0.3 is 20.3 Å². The van der Waals surface area contributed by atoms with Gasteiger partial charge in [0.1, 0.15) is 11.6 Å². The maximum Gasteiger partial charge on any atom is 0.317 e. The van der Waals surface area contributed by atoms with Crippen LogP contribution in [0.3, 0.4) is 0 Å². The number of methoxy groups -OCH3 is 1. The van der Waals surface area contributed by atoms with Crippen LogP contribution in [0.5, 0.6) is 5.75 Å². The molecule has 5 rings (SSSR count). The zero-order valence-corrected chi connectivity index (χ0v) is 21.6. The van der Waals surface area contributed by atoms with Crippen LogP contribution >= 0.6 is 15.9 Å². The normalized spacial score (nSPS) is 15.6. The molecule has 1 saturated heterocycles. The van der Waals surface area contributed by atoms with Gasteiger partial charge in [-0.1, -0.05) is 18.2 Å². The standard InChI is InChI=1S/C26H28BrN7O2/c1-36-21-8-6-18(7-9-21)14-30-26(35)33-11-3-5-20(17-33)23-12-24(29-15-19-4-2-10-28-13-19)34-25(32-23)22(27)16-31-34/h2,4,6-10,12-13,16,20,29H,3,5,11,14-15,17H2,1H3,(H,30,35). The van der Waals surface area contributed by atoms with E-state index in [2.05, 4.69) is 36.6 Å². The minimum absolute atomic E-state index is 0.0583. The van der Waals surface area contributed by atoms with Gasteiger partial charge in [-0.25, -0.2) is 9.78 Å². The number of piperidine rings is 1. The Hall–Kier alpha value is -3.66. The number of amides is 2. The first kappa shape index (κ1) is 24.1. The molecule has 0 saturated carbocycles. The number of pyridine rings is 1. The second-order valence-electron chi connectivity index (χ2n) is 8.80. The summed E-state index contributed by atoms with van der Waals surface area (Å²) in [5, 5.41) is 11.0. The lowest BCUT2D eigenvalue weighted by Gasteiger charge is -2.32. The number of ether oxygens (including phenoxy) is 1. The first-order chi connectivity index (χ1) is 17.6. The number of carbonyl (C=O) groups excluding carboxylic acids is 1. The molecule has 4 aromatic rings. The Balaban J connectivity index is 1.29. The maximum absolute atomic E-state index is 13.0. The number of likely N-dealkylation sites (tertiary alicyclic amines) is 1. The Morgan fingerprint density at radius 2 is 2.03 bits per heavy atom. The average molecular weight is 550 g/mol. The third-order valence-corrected chi connectivity index (χ3v) is 6.93. The third kappa shape index (κ3) is 5.43. The number of nitrogens with one attached hydrogen (secondary N) is 2. The van der Waals surface area contributed by atoms with Crippen molar-refractivity contribution in [3.63, 3.8) is 0 Å². The van der Waals surface area contributed by atoms with Gasteiger partial charge in [-0.3, -0.25) is 4.98 Å². The first-order valence-corrected chi connectivity index (χ1v) is 12.7. The highest BCUT2D eigenvalue weighted by atomic mass is 79.9. The van der Waals surface area contributed by atoms with Gasteiger partial charge in [-0.2, -0.15) is 9.61 Å². The smallest absolute Gasteiger partial charge is 0.317 e. The van der Waals surface area contributed by atoms with Gasteiger partial charge in [0, 0.05) is 50.6 Å². The van der Waals surface area contributed by atoms with Crippen LogP contribution < -0.4 is 15.4 Å². The van der Waals surface area contributed by atoms with Crippen LogP contribution in [-0.2, 0) is 13.1 Å². The van der Waals surface area contributed by atoms with Gasteiger partial charge in [-0.15, -0.1) is 0 Å². The summed E-state index contributed by atoms with van der Waals surface area (Å²) in [5.41, 5.74) is 3.81. The molecule has 0 radical (unpaired) electrons. The number of fused-ring (bicyclic) bond motifs is 1. The quantitative estimate of drug-likeness (QED) is 0.349. The fourth-order valence-corrected chi connectivity index (χ4v) is 4.77. The van der Waals surface area contributed by atoms with Gasteiger partial charge >= 0.3 is 6.03 Å². The molecule has 0 aliphatic carbocycles. The van der Waals surface area contributed by atoms with Gasteiger partial charge in [0.15, 0.2) is 5.65 Å². The molecular formula is C26H28BrN7O2. The number of benzene rings is 1. The zero-order valence-electron chi connectivity index (χ0n) is 20.0. The molecule has 36 heavy (non-hydrogen) atoms. The molecule has 2 N–H and O–H groups in total. The van der Waals surface area contributed by atoms with E-state index in [9.17, 15) is 4.79 Å². The predicted molar refractivity (Wildman–Crippen MR) is 141 cm³/mol. The van der Waals surface area contributed by atoms with E-state index in [0.717, 1.165) is 57.9 Å². The molecule has 9 nitrogen and oxygen atoms in total. The number of hydrogen-bond donors (Lipinski definition) is 2. The van der Waals surface area contributed by atoms with E-state index in [1.54, 1.807) is 24.0 Å². The molecule has 1 aromatic carbocycles. The highest BCUT2D eigenvalue weighted by Crippen LogP contribution is 2.30. The fourth-order valence-electron chi connectivity index (χ4n) is 4.42. The second-order valence-corrected chi connectivity index (χ2v) is 9.66. The lowest BCUT2D eigenvalue weighted by atomic mass is 9.94. The van der Waals surface area contributed by atoms with Crippen molar-refractivity contribution in [3.05, 3.63) is 82.3 Å². The molecule has 0 bridgehead atoms. The monoisotopic (exact) mass is 549 g/mol. The number of aromatic nitrogens is 4. The largest absolute Gasteiger partial charge is 0.497 e. The Morgan fingerprint density at radius 1 is 1.17 bits per heavy atom. The van der Waals surface area contributed by atoms with Gasteiger partial charge in [0.2, 0.25) is 0 Å². The third-order valence-electron chi connectivity index (χ3n) is 6.37. The molecule has 1 fully saturated rings. The Labute approximate surface area is 218 Å². The Morgan fingerprint density at radius 3 is 2.81 bits per heavy atom. The SMILES string of the molecule is COc1ccc(CNC(=O)N2CCCC(c3cc(NCc4cccnc4)n4ncc(Br)c4n3)C2)cc1.